The smallest absolute Gasteiger partial charge is 0.337 e. The fraction of sp³-hybridized carbons (Fsp3) is 0.286. The van der Waals surface area contributed by atoms with Gasteiger partial charge >= 0.3 is 5.97 Å². The molecule has 2 rings (SSSR count). The lowest BCUT2D eigenvalue weighted by Gasteiger charge is -2.22. The first kappa shape index (κ1) is 20.2. The highest BCUT2D eigenvalue weighted by atomic mass is 16.5. The van der Waals surface area contributed by atoms with Crippen LogP contribution < -0.4 is 10.2 Å². The topological polar surface area (TPSA) is 75.7 Å². The lowest BCUT2D eigenvalue weighted by molar-refractivity contribution is -0.120. The minimum absolute atomic E-state index is 0.160. The van der Waals surface area contributed by atoms with Gasteiger partial charge in [-0.15, -0.1) is 0 Å². The largest absolute Gasteiger partial charge is 0.465 e. The highest BCUT2D eigenvalue weighted by molar-refractivity contribution is 6.03. The van der Waals surface area contributed by atoms with Gasteiger partial charge in [-0.25, -0.2) is 4.79 Å². The number of carbonyl (C=O) groups is 3. The predicted molar refractivity (Wildman–Crippen MR) is 105 cm³/mol. The third kappa shape index (κ3) is 4.94. The van der Waals surface area contributed by atoms with E-state index in [0.717, 1.165) is 22.4 Å². The summed E-state index contributed by atoms with van der Waals surface area (Å²) in [5.41, 5.74) is 4.56. The fourth-order valence-electron chi connectivity index (χ4n) is 3.00. The molecule has 142 valence electrons. The summed E-state index contributed by atoms with van der Waals surface area (Å²) >= 11 is 0. The Morgan fingerprint density at radius 3 is 2.22 bits per heavy atom. The van der Waals surface area contributed by atoms with Crippen LogP contribution in [0.4, 0.5) is 11.4 Å². The number of ether oxygens (including phenoxy) is 1. The van der Waals surface area contributed by atoms with E-state index in [9.17, 15) is 14.4 Å². The molecule has 0 fully saturated rings. The van der Waals surface area contributed by atoms with E-state index in [0.29, 0.717) is 11.3 Å². The summed E-state index contributed by atoms with van der Waals surface area (Å²) in [5.74, 6) is -1.12. The molecule has 6 nitrogen and oxygen atoms in total. The molecule has 2 aromatic rings. The van der Waals surface area contributed by atoms with Gasteiger partial charge in [-0.3, -0.25) is 9.59 Å². The molecule has 27 heavy (non-hydrogen) atoms. The van der Waals surface area contributed by atoms with Crippen molar-refractivity contribution in [3.05, 3.63) is 58.7 Å². The van der Waals surface area contributed by atoms with E-state index in [1.165, 1.54) is 25.0 Å². The van der Waals surface area contributed by atoms with Gasteiger partial charge in [-0.1, -0.05) is 23.8 Å². The van der Waals surface area contributed by atoms with Crippen LogP contribution >= 0.6 is 0 Å². The highest BCUT2D eigenvalue weighted by Crippen LogP contribution is 2.22. The molecule has 0 heterocycles. The number of hydrogen-bond donors (Lipinski definition) is 1. The van der Waals surface area contributed by atoms with Crippen molar-refractivity contribution in [2.24, 2.45) is 0 Å². The fourth-order valence-corrected chi connectivity index (χ4v) is 3.00. The van der Waals surface area contributed by atoms with Crippen LogP contribution in [0.1, 0.15) is 34.0 Å². The third-order valence-electron chi connectivity index (χ3n) is 4.20. The van der Waals surface area contributed by atoms with Crippen molar-refractivity contribution < 1.29 is 19.1 Å². The second-order valence-electron chi connectivity index (χ2n) is 6.47. The summed E-state index contributed by atoms with van der Waals surface area (Å²) in [6.45, 7) is 7.07. The van der Waals surface area contributed by atoms with E-state index in [1.807, 2.05) is 32.9 Å². The molecule has 0 aliphatic heterocycles. The summed E-state index contributed by atoms with van der Waals surface area (Å²) in [7, 11) is 1.29. The maximum absolute atomic E-state index is 12.6. The van der Waals surface area contributed by atoms with Crippen molar-refractivity contribution in [1.82, 2.24) is 0 Å². The number of rotatable bonds is 5. The van der Waals surface area contributed by atoms with Crippen molar-refractivity contribution in [3.8, 4) is 0 Å². The number of anilines is 2. The van der Waals surface area contributed by atoms with Crippen molar-refractivity contribution in [1.29, 1.82) is 0 Å². The zero-order chi connectivity index (χ0) is 20.1. The van der Waals surface area contributed by atoms with E-state index in [4.69, 9.17) is 4.74 Å². The highest BCUT2D eigenvalue weighted by Gasteiger charge is 2.18. The number of esters is 1. The van der Waals surface area contributed by atoms with Gasteiger partial charge < -0.3 is 15.0 Å². The Hall–Kier alpha value is -3.15. The first-order valence-corrected chi connectivity index (χ1v) is 8.57. The van der Waals surface area contributed by atoms with Gasteiger partial charge in [-0.2, -0.15) is 0 Å². The van der Waals surface area contributed by atoms with Crippen LogP contribution in [0.5, 0.6) is 0 Å². The first-order valence-electron chi connectivity index (χ1n) is 8.57. The molecule has 2 amide bonds. The zero-order valence-electron chi connectivity index (χ0n) is 16.3. The Morgan fingerprint density at radius 1 is 1.04 bits per heavy atom. The first-order chi connectivity index (χ1) is 12.7. The molecule has 0 bridgehead atoms. The molecule has 1 N–H and O–H groups in total. The number of nitrogens with one attached hydrogen (secondary N) is 1. The summed E-state index contributed by atoms with van der Waals surface area (Å²) < 4.78 is 4.71. The van der Waals surface area contributed by atoms with Gasteiger partial charge in [0, 0.05) is 18.3 Å². The SMILES string of the molecule is COC(=O)c1cccc(N(CC(=O)Nc2c(C)cc(C)cc2C)C(C)=O)c1. The molecule has 0 aliphatic rings. The van der Waals surface area contributed by atoms with E-state index in [-0.39, 0.29) is 18.4 Å². The molecule has 0 atom stereocenters. The number of carbonyl (C=O) groups excluding carboxylic acids is 3. The lowest BCUT2D eigenvalue weighted by atomic mass is 10.1. The zero-order valence-corrected chi connectivity index (χ0v) is 16.3. The van der Waals surface area contributed by atoms with Crippen LogP contribution in [0.15, 0.2) is 36.4 Å². The number of hydrogen-bond acceptors (Lipinski definition) is 4. The molecule has 0 saturated heterocycles. The number of benzene rings is 2. The summed E-state index contributed by atoms with van der Waals surface area (Å²) in [5, 5.41) is 2.88. The number of methoxy groups -OCH3 is 1. The monoisotopic (exact) mass is 368 g/mol. The van der Waals surface area contributed by atoms with Gasteiger partial charge in [0.05, 0.1) is 12.7 Å². The summed E-state index contributed by atoms with van der Waals surface area (Å²) in [4.78, 5) is 37.7. The number of amides is 2. The average molecular weight is 368 g/mol. The van der Waals surface area contributed by atoms with Crippen molar-refractivity contribution in [2.45, 2.75) is 27.7 Å². The molecular formula is C21H24N2O4. The quantitative estimate of drug-likeness (QED) is 0.821. The summed E-state index contributed by atoms with van der Waals surface area (Å²) in [6.07, 6.45) is 0. The van der Waals surface area contributed by atoms with E-state index in [1.54, 1.807) is 18.2 Å². The molecule has 0 aliphatic carbocycles. The van der Waals surface area contributed by atoms with Crippen molar-refractivity contribution in [2.75, 3.05) is 23.9 Å². The second kappa shape index (κ2) is 8.49. The maximum Gasteiger partial charge on any atom is 0.337 e. The standard InChI is InChI=1S/C21H24N2O4/c1-13-9-14(2)20(15(3)10-13)22-19(25)12-23(16(4)24)18-8-6-7-17(11-18)21(26)27-5/h6-11H,12H2,1-5H3,(H,22,25). The Labute approximate surface area is 159 Å². The van der Waals surface area contributed by atoms with Gasteiger partial charge in [0.25, 0.3) is 0 Å². The molecule has 0 unspecified atom stereocenters. The predicted octanol–water partition coefficient (Wildman–Crippen LogP) is 3.39. The Bertz CT molecular complexity index is 866. The van der Waals surface area contributed by atoms with Crippen LogP contribution in [-0.2, 0) is 14.3 Å². The lowest BCUT2D eigenvalue weighted by Crippen LogP contribution is -2.37. The van der Waals surface area contributed by atoms with Gasteiger partial charge in [0.15, 0.2) is 0 Å². The van der Waals surface area contributed by atoms with Crippen molar-refractivity contribution >= 4 is 29.2 Å². The Morgan fingerprint density at radius 2 is 1.67 bits per heavy atom. The van der Waals surface area contributed by atoms with E-state index < -0.39 is 5.97 Å². The average Bonchev–Trinajstić information content (AvgIpc) is 2.61. The molecule has 0 radical (unpaired) electrons. The summed E-state index contributed by atoms with van der Waals surface area (Å²) in [6, 6.07) is 10.4. The Balaban J connectivity index is 2.23. The third-order valence-corrected chi connectivity index (χ3v) is 4.20. The van der Waals surface area contributed by atoms with E-state index in [2.05, 4.69) is 5.32 Å². The van der Waals surface area contributed by atoms with Crippen LogP contribution in [0.25, 0.3) is 0 Å². The molecule has 0 spiro atoms. The molecule has 6 heteroatoms. The van der Waals surface area contributed by atoms with Gasteiger partial charge in [-0.05, 0) is 50.1 Å². The molecule has 0 aromatic heterocycles. The minimum atomic E-state index is -0.504. The van der Waals surface area contributed by atoms with Crippen LogP contribution in [-0.4, -0.2) is 31.4 Å². The van der Waals surface area contributed by atoms with Crippen LogP contribution in [0.2, 0.25) is 0 Å². The van der Waals surface area contributed by atoms with Gasteiger partial charge in [0.1, 0.15) is 6.54 Å². The number of nitrogens with zero attached hydrogens (tertiary/aromatic N) is 1. The van der Waals surface area contributed by atoms with Gasteiger partial charge in [0.2, 0.25) is 11.8 Å². The molecule has 2 aromatic carbocycles. The Kier molecular flexibility index (Phi) is 6.34. The number of aryl methyl sites for hydroxylation is 3. The maximum atomic E-state index is 12.6. The van der Waals surface area contributed by atoms with Crippen LogP contribution in [0.3, 0.4) is 0 Å². The second-order valence-corrected chi connectivity index (χ2v) is 6.47. The van der Waals surface area contributed by atoms with E-state index >= 15 is 0 Å². The minimum Gasteiger partial charge on any atom is -0.465 e. The normalized spacial score (nSPS) is 10.3. The van der Waals surface area contributed by atoms with Crippen molar-refractivity contribution in [3.63, 3.8) is 0 Å². The molecular weight excluding hydrogens is 344 g/mol. The van der Waals surface area contributed by atoms with Crippen LogP contribution in [0, 0.1) is 20.8 Å². The molecule has 0 saturated carbocycles.